The summed E-state index contributed by atoms with van der Waals surface area (Å²) < 4.78 is 11.6. The van der Waals surface area contributed by atoms with E-state index in [0.29, 0.717) is 6.54 Å². The second kappa shape index (κ2) is 6.19. The Morgan fingerprint density at radius 2 is 2.47 bits per heavy atom. The Balaban J connectivity index is 1.88. The number of hydrogen-bond acceptors (Lipinski definition) is 5. The fraction of sp³-hybridized carbons (Fsp3) is 0.385. The minimum atomic E-state index is -0.457. The highest BCUT2D eigenvalue weighted by Crippen LogP contribution is 2.11. The molecule has 0 saturated heterocycles. The second-order valence-corrected chi connectivity index (χ2v) is 4.28. The highest BCUT2D eigenvalue weighted by molar-refractivity contribution is 5.87. The van der Waals surface area contributed by atoms with Crippen LogP contribution in [0.4, 0.5) is 0 Å². The summed E-state index contributed by atoms with van der Waals surface area (Å²) in [6.07, 6.45) is 5.15. The number of carbonyl (C=O) groups excluding carboxylic acids is 1. The van der Waals surface area contributed by atoms with Crippen LogP contribution in [-0.2, 0) is 17.8 Å². The maximum absolute atomic E-state index is 11.4. The summed E-state index contributed by atoms with van der Waals surface area (Å²) in [5.74, 6) is -0.206. The van der Waals surface area contributed by atoms with Crippen molar-refractivity contribution >= 4 is 5.97 Å². The van der Waals surface area contributed by atoms with Crippen molar-refractivity contribution in [2.45, 2.75) is 26.1 Å². The summed E-state index contributed by atoms with van der Waals surface area (Å²) >= 11 is 0. The van der Waals surface area contributed by atoms with Crippen molar-refractivity contribution in [2.75, 3.05) is 7.11 Å². The Bertz CT molecular complexity index is 519. The fourth-order valence-corrected chi connectivity index (χ4v) is 1.78. The van der Waals surface area contributed by atoms with E-state index in [4.69, 9.17) is 4.42 Å². The van der Waals surface area contributed by atoms with Gasteiger partial charge >= 0.3 is 5.97 Å². The van der Waals surface area contributed by atoms with E-state index in [2.05, 4.69) is 22.1 Å². The number of nitrogens with zero attached hydrogens (tertiary/aromatic N) is 2. The Kier molecular flexibility index (Phi) is 4.35. The molecule has 2 aromatic heterocycles. The van der Waals surface area contributed by atoms with Crippen LogP contribution >= 0.6 is 0 Å². The SMILES string of the molecule is COC(=O)c1occc1CNC(C)Cn1cccn1. The normalized spacial score (nSPS) is 12.3. The van der Waals surface area contributed by atoms with E-state index in [-0.39, 0.29) is 11.8 Å². The lowest BCUT2D eigenvalue weighted by atomic mass is 10.2. The lowest BCUT2D eigenvalue weighted by Gasteiger charge is -2.13. The standard InChI is InChI=1S/C13H17N3O3/c1-10(9-16-6-3-5-15-16)14-8-11-4-7-19-12(11)13(17)18-2/h3-7,10,14H,8-9H2,1-2H3. The van der Waals surface area contributed by atoms with Crippen molar-refractivity contribution in [3.63, 3.8) is 0 Å². The molecule has 2 aromatic rings. The molecule has 1 atom stereocenters. The molecular formula is C13H17N3O3. The maximum Gasteiger partial charge on any atom is 0.374 e. The topological polar surface area (TPSA) is 69.3 Å². The number of furan rings is 1. The number of methoxy groups -OCH3 is 1. The average molecular weight is 263 g/mol. The van der Waals surface area contributed by atoms with Gasteiger partial charge in [-0.25, -0.2) is 4.79 Å². The monoisotopic (exact) mass is 263 g/mol. The molecule has 2 rings (SSSR count). The van der Waals surface area contributed by atoms with Crippen molar-refractivity contribution < 1.29 is 13.9 Å². The van der Waals surface area contributed by atoms with Crippen molar-refractivity contribution in [1.82, 2.24) is 15.1 Å². The van der Waals surface area contributed by atoms with Gasteiger partial charge < -0.3 is 14.5 Å². The molecule has 1 unspecified atom stereocenters. The molecule has 0 saturated carbocycles. The zero-order chi connectivity index (χ0) is 13.7. The first-order valence-electron chi connectivity index (χ1n) is 6.06. The molecule has 6 nitrogen and oxygen atoms in total. The van der Waals surface area contributed by atoms with E-state index in [0.717, 1.165) is 12.1 Å². The third kappa shape index (κ3) is 3.45. The molecular weight excluding hydrogens is 246 g/mol. The number of carbonyl (C=O) groups is 1. The van der Waals surface area contributed by atoms with Gasteiger partial charge in [0, 0.05) is 30.5 Å². The smallest absolute Gasteiger partial charge is 0.374 e. The van der Waals surface area contributed by atoms with Crippen molar-refractivity contribution in [1.29, 1.82) is 0 Å². The van der Waals surface area contributed by atoms with Crippen molar-refractivity contribution in [2.24, 2.45) is 0 Å². The molecule has 0 aliphatic rings. The third-order valence-corrected chi connectivity index (χ3v) is 2.78. The average Bonchev–Trinajstić information content (AvgIpc) is 3.06. The molecule has 102 valence electrons. The van der Waals surface area contributed by atoms with Crippen LogP contribution in [0.1, 0.15) is 23.0 Å². The van der Waals surface area contributed by atoms with Crippen LogP contribution < -0.4 is 5.32 Å². The molecule has 0 spiro atoms. The van der Waals surface area contributed by atoms with Gasteiger partial charge in [-0.1, -0.05) is 0 Å². The van der Waals surface area contributed by atoms with E-state index < -0.39 is 5.97 Å². The molecule has 6 heteroatoms. The van der Waals surface area contributed by atoms with E-state index in [1.165, 1.54) is 13.4 Å². The third-order valence-electron chi connectivity index (χ3n) is 2.78. The zero-order valence-electron chi connectivity index (χ0n) is 11.0. The van der Waals surface area contributed by atoms with Crippen molar-refractivity contribution in [3.8, 4) is 0 Å². The van der Waals surface area contributed by atoms with Gasteiger partial charge in [0.2, 0.25) is 5.76 Å². The lowest BCUT2D eigenvalue weighted by Crippen LogP contribution is -2.30. The van der Waals surface area contributed by atoms with Gasteiger partial charge in [0.25, 0.3) is 0 Å². The molecule has 0 fully saturated rings. The molecule has 0 aromatic carbocycles. The number of aromatic nitrogens is 2. The molecule has 0 bridgehead atoms. The molecule has 1 N–H and O–H groups in total. The van der Waals surface area contributed by atoms with Gasteiger partial charge in [-0.2, -0.15) is 5.10 Å². The Hall–Kier alpha value is -2.08. The van der Waals surface area contributed by atoms with Gasteiger partial charge in [-0.05, 0) is 19.1 Å². The number of esters is 1. The molecule has 0 aliphatic carbocycles. The Labute approximate surface area is 111 Å². The van der Waals surface area contributed by atoms with E-state index in [1.54, 1.807) is 12.3 Å². The highest BCUT2D eigenvalue weighted by atomic mass is 16.5. The molecule has 0 aliphatic heterocycles. The number of rotatable bonds is 6. The van der Waals surface area contributed by atoms with Crippen LogP contribution in [0.25, 0.3) is 0 Å². The summed E-state index contributed by atoms with van der Waals surface area (Å²) in [6.45, 7) is 3.36. The van der Waals surface area contributed by atoms with Crippen LogP contribution in [0.15, 0.2) is 35.2 Å². The van der Waals surface area contributed by atoms with Gasteiger partial charge in [-0.15, -0.1) is 0 Å². The van der Waals surface area contributed by atoms with Crippen LogP contribution in [0.2, 0.25) is 0 Å². The van der Waals surface area contributed by atoms with Gasteiger partial charge in [0.05, 0.1) is 19.9 Å². The molecule has 2 heterocycles. The Morgan fingerprint density at radius 3 is 3.16 bits per heavy atom. The number of hydrogen-bond donors (Lipinski definition) is 1. The largest absolute Gasteiger partial charge is 0.463 e. The first kappa shape index (κ1) is 13.4. The highest BCUT2D eigenvalue weighted by Gasteiger charge is 2.16. The van der Waals surface area contributed by atoms with Crippen LogP contribution in [0.5, 0.6) is 0 Å². The molecule has 19 heavy (non-hydrogen) atoms. The number of ether oxygens (including phenoxy) is 1. The fourth-order valence-electron chi connectivity index (χ4n) is 1.78. The van der Waals surface area contributed by atoms with E-state index in [1.807, 2.05) is 16.9 Å². The van der Waals surface area contributed by atoms with E-state index in [9.17, 15) is 4.79 Å². The molecule has 0 amide bonds. The quantitative estimate of drug-likeness (QED) is 0.799. The lowest BCUT2D eigenvalue weighted by molar-refractivity contribution is 0.0563. The van der Waals surface area contributed by atoms with E-state index >= 15 is 0 Å². The summed E-state index contributed by atoms with van der Waals surface area (Å²) in [5, 5.41) is 7.46. The predicted molar refractivity (Wildman–Crippen MR) is 68.6 cm³/mol. The molecule has 0 radical (unpaired) electrons. The maximum atomic E-state index is 11.4. The number of nitrogens with one attached hydrogen (secondary N) is 1. The summed E-state index contributed by atoms with van der Waals surface area (Å²) in [5.41, 5.74) is 0.791. The minimum Gasteiger partial charge on any atom is -0.463 e. The van der Waals surface area contributed by atoms with Crippen LogP contribution in [-0.4, -0.2) is 28.9 Å². The Morgan fingerprint density at radius 1 is 1.63 bits per heavy atom. The first-order chi connectivity index (χ1) is 9.20. The van der Waals surface area contributed by atoms with Gasteiger partial charge in [-0.3, -0.25) is 4.68 Å². The van der Waals surface area contributed by atoms with Gasteiger partial charge in [0.15, 0.2) is 0 Å². The van der Waals surface area contributed by atoms with Crippen LogP contribution in [0.3, 0.4) is 0 Å². The van der Waals surface area contributed by atoms with Crippen LogP contribution in [0, 0.1) is 0 Å². The predicted octanol–water partition coefficient (Wildman–Crippen LogP) is 1.44. The first-order valence-corrected chi connectivity index (χ1v) is 6.06. The van der Waals surface area contributed by atoms with Gasteiger partial charge in [0.1, 0.15) is 0 Å². The van der Waals surface area contributed by atoms with Crippen molar-refractivity contribution in [3.05, 3.63) is 42.1 Å². The second-order valence-electron chi connectivity index (χ2n) is 4.28. The summed E-state index contributed by atoms with van der Waals surface area (Å²) in [7, 11) is 1.34. The minimum absolute atomic E-state index is 0.222. The zero-order valence-corrected chi connectivity index (χ0v) is 11.0. The summed E-state index contributed by atoms with van der Waals surface area (Å²) in [6, 6.07) is 3.87. The summed E-state index contributed by atoms with van der Waals surface area (Å²) in [4.78, 5) is 11.4.